The third-order valence-corrected chi connectivity index (χ3v) is 4.07. The summed E-state index contributed by atoms with van der Waals surface area (Å²) in [5.74, 6) is 0.345. The quantitative estimate of drug-likeness (QED) is 0.463. The van der Waals surface area contributed by atoms with E-state index in [1.54, 1.807) is 0 Å². The molecule has 0 aromatic heterocycles. The van der Waals surface area contributed by atoms with Gasteiger partial charge in [-0.05, 0) is 19.3 Å². The molecule has 1 heterocycles. The van der Waals surface area contributed by atoms with E-state index in [2.05, 4.69) is 6.92 Å². The van der Waals surface area contributed by atoms with Gasteiger partial charge in [0.15, 0.2) is 5.78 Å². The number of carbonyl (C=O) groups excluding carboxylic acids is 1. The Morgan fingerprint density at radius 1 is 0.947 bits per heavy atom. The van der Waals surface area contributed by atoms with Gasteiger partial charge in [0.2, 0.25) is 0 Å². The van der Waals surface area contributed by atoms with E-state index in [0.717, 1.165) is 32.3 Å². The highest BCUT2D eigenvalue weighted by Gasteiger charge is 2.22. The molecule has 1 aliphatic heterocycles. The van der Waals surface area contributed by atoms with Crippen molar-refractivity contribution in [3.8, 4) is 0 Å². The van der Waals surface area contributed by atoms with Crippen LogP contribution in [-0.2, 0) is 9.53 Å². The SMILES string of the molecule is CCCCCCCCCCCCC(=O)C1CCCO1. The maximum Gasteiger partial charge on any atom is 0.161 e. The minimum absolute atomic E-state index is 0.0569. The first-order chi connectivity index (χ1) is 9.34. The van der Waals surface area contributed by atoms with Crippen LogP contribution in [0.2, 0.25) is 0 Å². The van der Waals surface area contributed by atoms with Gasteiger partial charge in [-0.1, -0.05) is 64.7 Å². The minimum atomic E-state index is -0.0569. The van der Waals surface area contributed by atoms with Crippen LogP contribution in [0.4, 0.5) is 0 Å². The van der Waals surface area contributed by atoms with Crippen molar-refractivity contribution >= 4 is 5.78 Å². The van der Waals surface area contributed by atoms with Crippen LogP contribution in [0.3, 0.4) is 0 Å². The van der Waals surface area contributed by atoms with E-state index in [-0.39, 0.29) is 6.10 Å². The molecular formula is C17H32O2. The molecule has 2 heteroatoms. The van der Waals surface area contributed by atoms with Crippen molar-refractivity contribution in [2.75, 3.05) is 6.61 Å². The molecule has 0 N–H and O–H groups in total. The molecule has 0 saturated carbocycles. The predicted molar refractivity (Wildman–Crippen MR) is 80.4 cm³/mol. The Labute approximate surface area is 119 Å². The predicted octanol–water partition coefficient (Wildman–Crippen LogP) is 5.05. The van der Waals surface area contributed by atoms with Crippen LogP contribution in [0.5, 0.6) is 0 Å². The average Bonchev–Trinajstić information content (AvgIpc) is 2.95. The number of rotatable bonds is 12. The molecule has 1 atom stereocenters. The lowest BCUT2D eigenvalue weighted by molar-refractivity contribution is -0.127. The third-order valence-electron chi connectivity index (χ3n) is 4.07. The molecule has 0 spiro atoms. The summed E-state index contributed by atoms with van der Waals surface area (Å²) in [6.07, 6.45) is 15.9. The van der Waals surface area contributed by atoms with E-state index >= 15 is 0 Å². The number of ketones is 1. The fourth-order valence-corrected chi connectivity index (χ4v) is 2.78. The zero-order chi connectivity index (χ0) is 13.8. The summed E-state index contributed by atoms with van der Waals surface area (Å²) < 4.78 is 5.41. The number of hydrogen-bond donors (Lipinski definition) is 0. The summed E-state index contributed by atoms with van der Waals surface area (Å²) in [7, 11) is 0. The van der Waals surface area contributed by atoms with Crippen molar-refractivity contribution < 1.29 is 9.53 Å². The van der Waals surface area contributed by atoms with Crippen LogP contribution in [0.15, 0.2) is 0 Å². The van der Waals surface area contributed by atoms with E-state index in [4.69, 9.17) is 4.74 Å². The highest BCUT2D eigenvalue weighted by molar-refractivity contribution is 5.83. The van der Waals surface area contributed by atoms with Crippen molar-refractivity contribution in [1.82, 2.24) is 0 Å². The Kier molecular flexibility index (Phi) is 10.1. The molecule has 112 valence electrons. The standard InChI is InChI=1S/C17H32O2/c1-2-3-4-5-6-7-8-9-10-11-13-16(18)17-14-12-15-19-17/h17H,2-15H2,1H3. The van der Waals surface area contributed by atoms with Crippen LogP contribution in [0.25, 0.3) is 0 Å². The first-order valence-corrected chi connectivity index (χ1v) is 8.49. The zero-order valence-electron chi connectivity index (χ0n) is 12.8. The maximum absolute atomic E-state index is 11.8. The monoisotopic (exact) mass is 268 g/mol. The molecule has 0 bridgehead atoms. The van der Waals surface area contributed by atoms with E-state index in [0.29, 0.717) is 5.78 Å². The molecule has 1 fully saturated rings. The summed E-state index contributed by atoms with van der Waals surface area (Å²) in [6, 6.07) is 0. The maximum atomic E-state index is 11.8. The molecule has 1 saturated heterocycles. The molecule has 0 aromatic carbocycles. The first-order valence-electron chi connectivity index (χ1n) is 8.49. The van der Waals surface area contributed by atoms with Gasteiger partial charge in [0.1, 0.15) is 6.10 Å². The second-order valence-corrected chi connectivity index (χ2v) is 5.90. The van der Waals surface area contributed by atoms with Gasteiger partial charge in [0, 0.05) is 13.0 Å². The molecule has 0 aliphatic carbocycles. The van der Waals surface area contributed by atoms with Crippen LogP contribution in [0.1, 0.15) is 90.4 Å². The number of unbranched alkanes of at least 4 members (excludes halogenated alkanes) is 9. The Balaban J connectivity index is 1.79. The van der Waals surface area contributed by atoms with Crippen LogP contribution < -0.4 is 0 Å². The summed E-state index contributed by atoms with van der Waals surface area (Å²) >= 11 is 0. The second kappa shape index (κ2) is 11.5. The zero-order valence-corrected chi connectivity index (χ0v) is 12.8. The normalized spacial score (nSPS) is 18.9. The smallest absolute Gasteiger partial charge is 0.161 e. The summed E-state index contributed by atoms with van der Waals surface area (Å²) in [5.41, 5.74) is 0. The van der Waals surface area contributed by atoms with Crippen LogP contribution in [-0.4, -0.2) is 18.5 Å². The molecular weight excluding hydrogens is 236 g/mol. The van der Waals surface area contributed by atoms with Gasteiger partial charge in [-0.3, -0.25) is 4.79 Å². The van der Waals surface area contributed by atoms with Gasteiger partial charge < -0.3 is 4.74 Å². The van der Waals surface area contributed by atoms with Crippen molar-refractivity contribution in [3.63, 3.8) is 0 Å². The molecule has 1 unspecified atom stereocenters. The third kappa shape index (κ3) is 8.41. The number of carbonyl (C=O) groups is 1. The van der Waals surface area contributed by atoms with Crippen molar-refractivity contribution in [3.05, 3.63) is 0 Å². The molecule has 0 aromatic rings. The van der Waals surface area contributed by atoms with Gasteiger partial charge >= 0.3 is 0 Å². The van der Waals surface area contributed by atoms with Gasteiger partial charge in [-0.2, -0.15) is 0 Å². The second-order valence-electron chi connectivity index (χ2n) is 5.90. The van der Waals surface area contributed by atoms with Crippen molar-refractivity contribution in [2.45, 2.75) is 96.5 Å². The number of hydrogen-bond acceptors (Lipinski definition) is 2. The molecule has 0 radical (unpaired) electrons. The summed E-state index contributed by atoms with van der Waals surface area (Å²) in [5, 5.41) is 0. The lowest BCUT2D eigenvalue weighted by Crippen LogP contribution is -2.18. The number of ether oxygens (including phenoxy) is 1. The van der Waals surface area contributed by atoms with Crippen molar-refractivity contribution in [2.24, 2.45) is 0 Å². The Morgan fingerprint density at radius 3 is 2.05 bits per heavy atom. The highest BCUT2D eigenvalue weighted by Crippen LogP contribution is 2.16. The topological polar surface area (TPSA) is 26.3 Å². The average molecular weight is 268 g/mol. The van der Waals surface area contributed by atoms with Gasteiger partial charge in [-0.15, -0.1) is 0 Å². The lowest BCUT2D eigenvalue weighted by Gasteiger charge is -2.07. The van der Waals surface area contributed by atoms with Crippen molar-refractivity contribution in [1.29, 1.82) is 0 Å². The molecule has 0 amide bonds. The molecule has 1 rings (SSSR count). The molecule has 1 aliphatic rings. The fraction of sp³-hybridized carbons (Fsp3) is 0.941. The van der Waals surface area contributed by atoms with E-state index in [9.17, 15) is 4.79 Å². The van der Waals surface area contributed by atoms with E-state index < -0.39 is 0 Å². The number of Topliss-reactive ketones (excluding diaryl/α,β-unsaturated/α-hetero) is 1. The Bertz CT molecular complexity index is 219. The lowest BCUT2D eigenvalue weighted by atomic mass is 10.0. The molecule has 19 heavy (non-hydrogen) atoms. The Hall–Kier alpha value is -0.370. The van der Waals surface area contributed by atoms with E-state index in [1.807, 2.05) is 0 Å². The van der Waals surface area contributed by atoms with Gasteiger partial charge in [0.25, 0.3) is 0 Å². The Morgan fingerprint density at radius 2 is 1.53 bits per heavy atom. The minimum Gasteiger partial charge on any atom is -0.370 e. The molecule has 2 nitrogen and oxygen atoms in total. The largest absolute Gasteiger partial charge is 0.370 e. The van der Waals surface area contributed by atoms with Crippen LogP contribution >= 0.6 is 0 Å². The van der Waals surface area contributed by atoms with Crippen LogP contribution in [0, 0.1) is 0 Å². The fourth-order valence-electron chi connectivity index (χ4n) is 2.78. The van der Waals surface area contributed by atoms with E-state index in [1.165, 1.54) is 57.8 Å². The summed E-state index contributed by atoms with van der Waals surface area (Å²) in [6.45, 7) is 3.05. The van der Waals surface area contributed by atoms with Gasteiger partial charge in [0.05, 0.1) is 0 Å². The van der Waals surface area contributed by atoms with Gasteiger partial charge in [-0.25, -0.2) is 0 Å². The first kappa shape index (κ1) is 16.7. The summed E-state index contributed by atoms with van der Waals surface area (Å²) in [4.78, 5) is 11.8. The highest BCUT2D eigenvalue weighted by atomic mass is 16.5.